The summed E-state index contributed by atoms with van der Waals surface area (Å²) in [5.41, 5.74) is 0.563. The van der Waals surface area contributed by atoms with Gasteiger partial charge in [0.1, 0.15) is 5.60 Å². The van der Waals surface area contributed by atoms with Crippen LogP contribution in [0.1, 0.15) is 19.4 Å². The minimum Gasteiger partial charge on any atom is -0.383 e. The summed E-state index contributed by atoms with van der Waals surface area (Å²) in [6.07, 6.45) is 5.28. The Morgan fingerprint density at radius 2 is 2.00 bits per heavy atom. The van der Waals surface area contributed by atoms with E-state index in [0.29, 0.717) is 17.1 Å². The molecule has 9 heteroatoms. The second kappa shape index (κ2) is 6.92. The van der Waals surface area contributed by atoms with Crippen molar-refractivity contribution in [2.24, 2.45) is 0 Å². The van der Waals surface area contributed by atoms with Crippen LogP contribution in [0, 0.1) is 6.92 Å². The normalized spacial score (nSPS) is 20.1. The monoisotopic (exact) mass is 370 g/mol. The standard InChI is InChI=1S/C18H22N6O3/c1-11-8-12(9-19-16(11)24-20-6-7-21-24)22-17(26)14-13(10-23(4)5)15(25)18(2,3)27-14/h6-10,14H,1-5H3,(H,22,26)/b13-10-. The molecule has 2 aromatic rings. The Labute approximate surface area is 157 Å². The largest absolute Gasteiger partial charge is 0.383 e. The molecule has 3 heterocycles. The third kappa shape index (κ3) is 3.72. The fourth-order valence-electron chi connectivity index (χ4n) is 2.86. The number of rotatable bonds is 4. The maximum absolute atomic E-state index is 12.8. The van der Waals surface area contributed by atoms with Gasteiger partial charge in [-0.15, -0.1) is 4.80 Å². The molecule has 27 heavy (non-hydrogen) atoms. The zero-order chi connectivity index (χ0) is 19.8. The number of aromatic nitrogens is 4. The Hall–Kier alpha value is -3.07. The molecule has 9 nitrogen and oxygen atoms in total. The molecule has 1 N–H and O–H groups in total. The maximum Gasteiger partial charge on any atom is 0.258 e. The summed E-state index contributed by atoms with van der Waals surface area (Å²) < 4.78 is 5.72. The van der Waals surface area contributed by atoms with Crippen LogP contribution in [0.4, 0.5) is 5.69 Å². The zero-order valence-corrected chi connectivity index (χ0v) is 15.9. The third-order valence-electron chi connectivity index (χ3n) is 4.07. The first kappa shape index (κ1) is 18.7. The van der Waals surface area contributed by atoms with Crippen molar-refractivity contribution in [1.82, 2.24) is 24.9 Å². The first-order valence-electron chi connectivity index (χ1n) is 8.44. The molecule has 1 aliphatic heterocycles. The summed E-state index contributed by atoms with van der Waals surface area (Å²) in [7, 11) is 3.58. The van der Waals surface area contributed by atoms with Crippen molar-refractivity contribution in [2.45, 2.75) is 32.5 Å². The maximum atomic E-state index is 12.8. The lowest BCUT2D eigenvalue weighted by atomic mass is 9.98. The number of aryl methyl sites for hydroxylation is 1. The number of carbonyl (C=O) groups is 2. The van der Waals surface area contributed by atoms with Gasteiger partial charge in [-0.05, 0) is 32.4 Å². The van der Waals surface area contributed by atoms with Gasteiger partial charge >= 0.3 is 0 Å². The van der Waals surface area contributed by atoms with E-state index < -0.39 is 17.6 Å². The van der Waals surface area contributed by atoms with E-state index in [1.54, 1.807) is 57.5 Å². The number of pyridine rings is 1. The Balaban J connectivity index is 1.82. The topological polar surface area (TPSA) is 102 Å². The molecule has 0 bridgehead atoms. The first-order valence-corrected chi connectivity index (χ1v) is 8.44. The van der Waals surface area contributed by atoms with Gasteiger partial charge in [-0.3, -0.25) is 9.59 Å². The summed E-state index contributed by atoms with van der Waals surface area (Å²) >= 11 is 0. The van der Waals surface area contributed by atoms with Gasteiger partial charge in [0.05, 0.1) is 29.9 Å². The highest BCUT2D eigenvalue weighted by molar-refractivity contribution is 6.12. The van der Waals surface area contributed by atoms with Crippen molar-refractivity contribution in [3.63, 3.8) is 0 Å². The van der Waals surface area contributed by atoms with E-state index in [4.69, 9.17) is 4.74 Å². The fourth-order valence-corrected chi connectivity index (χ4v) is 2.86. The molecular weight excluding hydrogens is 348 g/mol. The molecular formula is C18H22N6O3. The minimum absolute atomic E-state index is 0.203. The molecule has 0 aliphatic carbocycles. The second-order valence-electron chi connectivity index (χ2n) is 7.06. The van der Waals surface area contributed by atoms with Crippen LogP contribution < -0.4 is 5.32 Å². The van der Waals surface area contributed by atoms with Crippen molar-refractivity contribution in [1.29, 1.82) is 0 Å². The van der Waals surface area contributed by atoms with Gasteiger partial charge in [-0.2, -0.15) is 10.2 Å². The molecule has 1 saturated heterocycles. The Morgan fingerprint density at radius 1 is 1.33 bits per heavy atom. The van der Waals surface area contributed by atoms with Crippen LogP contribution in [0.15, 0.2) is 36.4 Å². The third-order valence-corrected chi connectivity index (χ3v) is 4.07. The number of nitrogens with zero attached hydrogens (tertiary/aromatic N) is 5. The Morgan fingerprint density at radius 3 is 2.59 bits per heavy atom. The van der Waals surface area contributed by atoms with Crippen LogP contribution in [0.25, 0.3) is 5.82 Å². The smallest absolute Gasteiger partial charge is 0.258 e. The molecule has 1 atom stereocenters. The number of hydrogen-bond acceptors (Lipinski definition) is 7. The van der Waals surface area contributed by atoms with E-state index in [-0.39, 0.29) is 5.78 Å². The van der Waals surface area contributed by atoms with Crippen molar-refractivity contribution < 1.29 is 14.3 Å². The highest BCUT2D eigenvalue weighted by atomic mass is 16.5. The molecule has 0 saturated carbocycles. The molecule has 2 aromatic heterocycles. The SMILES string of the molecule is Cc1cc(NC(=O)C2OC(C)(C)C(=O)/C2=C\N(C)C)cnc1-n1nccn1. The number of ketones is 1. The minimum atomic E-state index is -1.05. The van der Waals surface area contributed by atoms with Crippen molar-refractivity contribution in [3.05, 3.63) is 42.0 Å². The molecule has 142 valence electrons. The number of anilines is 1. The van der Waals surface area contributed by atoms with Crippen molar-refractivity contribution in [2.75, 3.05) is 19.4 Å². The van der Waals surface area contributed by atoms with Gasteiger partial charge in [0, 0.05) is 20.3 Å². The molecule has 0 aromatic carbocycles. The van der Waals surface area contributed by atoms with Crippen LogP contribution >= 0.6 is 0 Å². The van der Waals surface area contributed by atoms with Gasteiger partial charge in [0.25, 0.3) is 5.91 Å². The lowest BCUT2D eigenvalue weighted by Gasteiger charge is -2.17. The fraction of sp³-hybridized carbons (Fsp3) is 0.389. The molecule has 1 unspecified atom stereocenters. The van der Waals surface area contributed by atoms with Gasteiger partial charge in [0.15, 0.2) is 17.7 Å². The van der Waals surface area contributed by atoms with Gasteiger partial charge < -0.3 is 15.0 Å². The van der Waals surface area contributed by atoms with Gasteiger partial charge in [-0.1, -0.05) is 0 Å². The van der Waals surface area contributed by atoms with E-state index in [1.807, 2.05) is 6.92 Å². The number of ether oxygens (including phenoxy) is 1. The van der Waals surface area contributed by atoms with Crippen molar-refractivity contribution in [3.8, 4) is 5.82 Å². The number of carbonyl (C=O) groups excluding carboxylic acids is 2. The molecule has 1 amide bonds. The van der Waals surface area contributed by atoms with Gasteiger partial charge in [-0.25, -0.2) is 4.98 Å². The van der Waals surface area contributed by atoms with E-state index in [0.717, 1.165) is 5.56 Å². The van der Waals surface area contributed by atoms with E-state index in [9.17, 15) is 9.59 Å². The average molecular weight is 370 g/mol. The van der Waals surface area contributed by atoms with E-state index >= 15 is 0 Å². The average Bonchev–Trinajstić information content (AvgIpc) is 3.17. The molecule has 3 rings (SSSR count). The van der Waals surface area contributed by atoms with Gasteiger partial charge in [0.2, 0.25) is 0 Å². The highest BCUT2D eigenvalue weighted by Gasteiger charge is 2.48. The summed E-state index contributed by atoms with van der Waals surface area (Å²) in [5.74, 6) is -0.0569. The first-order chi connectivity index (χ1) is 12.7. The number of amides is 1. The Bertz CT molecular complexity index is 902. The molecule has 1 fully saturated rings. The number of Topliss-reactive ketones (excluding diaryl/α,β-unsaturated/α-hetero) is 1. The summed E-state index contributed by atoms with van der Waals surface area (Å²) in [5, 5.41) is 10.9. The molecule has 0 spiro atoms. The van der Waals surface area contributed by atoms with Crippen molar-refractivity contribution >= 4 is 17.4 Å². The Kier molecular flexibility index (Phi) is 4.79. The number of hydrogen-bond donors (Lipinski definition) is 1. The highest BCUT2D eigenvalue weighted by Crippen LogP contribution is 2.31. The lowest BCUT2D eigenvalue weighted by Crippen LogP contribution is -2.32. The van der Waals surface area contributed by atoms with E-state index in [2.05, 4.69) is 20.5 Å². The second-order valence-corrected chi connectivity index (χ2v) is 7.06. The van der Waals surface area contributed by atoms with E-state index in [1.165, 1.54) is 11.0 Å². The molecule has 0 radical (unpaired) electrons. The number of nitrogens with one attached hydrogen (secondary N) is 1. The zero-order valence-electron chi connectivity index (χ0n) is 15.9. The van der Waals surface area contributed by atoms with Crippen LogP contribution in [-0.2, 0) is 14.3 Å². The predicted octanol–water partition coefficient (Wildman–Crippen LogP) is 1.10. The lowest BCUT2D eigenvalue weighted by molar-refractivity contribution is -0.134. The quantitative estimate of drug-likeness (QED) is 0.804. The van der Waals surface area contributed by atoms with Crippen LogP contribution in [0.5, 0.6) is 0 Å². The van der Waals surface area contributed by atoms with Crippen LogP contribution in [0.2, 0.25) is 0 Å². The predicted molar refractivity (Wildman–Crippen MR) is 98.2 cm³/mol. The van der Waals surface area contributed by atoms with Crippen LogP contribution in [-0.4, -0.2) is 62.4 Å². The van der Waals surface area contributed by atoms with Crippen LogP contribution in [0.3, 0.4) is 0 Å². The summed E-state index contributed by atoms with van der Waals surface area (Å²) in [6.45, 7) is 5.16. The molecule has 1 aliphatic rings. The summed E-state index contributed by atoms with van der Waals surface area (Å²) in [4.78, 5) is 32.7. The summed E-state index contributed by atoms with van der Waals surface area (Å²) in [6, 6.07) is 1.76.